The number of hydrogen-bond acceptors (Lipinski definition) is 2. The molecular formula is C9H12O2. The van der Waals surface area contributed by atoms with Crippen molar-refractivity contribution in [1.29, 1.82) is 0 Å². The molecule has 0 saturated heterocycles. The van der Waals surface area contributed by atoms with Gasteiger partial charge in [-0.05, 0) is 13.0 Å². The van der Waals surface area contributed by atoms with E-state index in [0.717, 1.165) is 11.5 Å². The lowest BCUT2D eigenvalue weighted by Crippen LogP contribution is -2.10. The van der Waals surface area contributed by atoms with E-state index < -0.39 is 0 Å². The van der Waals surface area contributed by atoms with Gasteiger partial charge >= 0.3 is 0 Å². The molecule has 0 bridgehead atoms. The van der Waals surface area contributed by atoms with E-state index >= 15 is 0 Å². The van der Waals surface area contributed by atoms with Gasteiger partial charge in [-0.1, -0.05) is 18.7 Å². The largest absolute Gasteiger partial charge is 0.491 e. The Morgan fingerprint density at radius 2 is 2.09 bits per heavy atom. The van der Waals surface area contributed by atoms with Gasteiger partial charge < -0.3 is 9.47 Å². The molecule has 0 spiro atoms. The van der Waals surface area contributed by atoms with Gasteiger partial charge in [0, 0.05) is 0 Å². The quantitative estimate of drug-likeness (QED) is 0.563. The molecule has 0 fully saturated rings. The fourth-order valence-corrected chi connectivity index (χ4v) is 0.840. The standard InChI is InChI=1S/C9H12O2/c1-3-4-5-9-8(2)10-6-7-11-9/h3-5H,1,6-7H2,2H3/b5-4-. The van der Waals surface area contributed by atoms with Gasteiger partial charge in [-0.2, -0.15) is 0 Å². The summed E-state index contributed by atoms with van der Waals surface area (Å²) in [6, 6.07) is 0. The molecule has 0 radical (unpaired) electrons. The fourth-order valence-electron chi connectivity index (χ4n) is 0.840. The molecule has 0 aliphatic carbocycles. The highest BCUT2D eigenvalue weighted by atomic mass is 16.6. The minimum absolute atomic E-state index is 0.633. The maximum Gasteiger partial charge on any atom is 0.156 e. The molecule has 2 heteroatoms. The lowest BCUT2D eigenvalue weighted by molar-refractivity contribution is 0.0708. The van der Waals surface area contributed by atoms with Crippen LogP contribution in [0.5, 0.6) is 0 Å². The van der Waals surface area contributed by atoms with Crippen molar-refractivity contribution in [3.05, 3.63) is 36.3 Å². The summed E-state index contributed by atoms with van der Waals surface area (Å²) in [5.41, 5.74) is 0. The van der Waals surface area contributed by atoms with E-state index in [1.807, 2.05) is 19.1 Å². The summed E-state index contributed by atoms with van der Waals surface area (Å²) in [6.45, 7) is 6.74. The Hall–Kier alpha value is -1.18. The average molecular weight is 152 g/mol. The van der Waals surface area contributed by atoms with Gasteiger partial charge in [0.2, 0.25) is 0 Å². The SMILES string of the molecule is C=C/C=C\C1=C(C)OCCO1. The van der Waals surface area contributed by atoms with Gasteiger partial charge in [0.05, 0.1) is 0 Å². The number of hydrogen-bond donors (Lipinski definition) is 0. The lowest BCUT2D eigenvalue weighted by atomic mass is 10.3. The van der Waals surface area contributed by atoms with Crippen LogP contribution in [0.3, 0.4) is 0 Å². The van der Waals surface area contributed by atoms with Crippen molar-refractivity contribution >= 4 is 0 Å². The molecule has 1 heterocycles. The van der Waals surface area contributed by atoms with E-state index in [9.17, 15) is 0 Å². The first-order chi connectivity index (χ1) is 5.34. The van der Waals surface area contributed by atoms with Gasteiger partial charge in [-0.25, -0.2) is 0 Å². The molecule has 0 atom stereocenters. The average Bonchev–Trinajstić information content (AvgIpc) is 2.03. The lowest BCUT2D eigenvalue weighted by Gasteiger charge is -2.17. The number of rotatable bonds is 2. The molecule has 60 valence electrons. The Bertz CT molecular complexity index is 202. The second-order valence-corrected chi connectivity index (χ2v) is 2.21. The number of ether oxygens (including phenoxy) is 2. The monoisotopic (exact) mass is 152 g/mol. The smallest absolute Gasteiger partial charge is 0.156 e. The van der Waals surface area contributed by atoms with Gasteiger partial charge in [-0.3, -0.25) is 0 Å². The first-order valence-electron chi connectivity index (χ1n) is 3.60. The van der Waals surface area contributed by atoms with Crippen LogP contribution in [0, 0.1) is 0 Å². The third-order valence-corrected chi connectivity index (χ3v) is 1.39. The molecular weight excluding hydrogens is 140 g/mol. The first-order valence-corrected chi connectivity index (χ1v) is 3.60. The van der Waals surface area contributed by atoms with E-state index in [-0.39, 0.29) is 0 Å². The summed E-state index contributed by atoms with van der Waals surface area (Å²) in [5, 5.41) is 0. The Morgan fingerprint density at radius 1 is 1.36 bits per heavy atom. The second-order valence-electron chi connectivity index (χ2n) is 2.21. The third kappa shape index (κ3) is 2.15. The van der Waals surface area contributed by atoms with Crippen LogP contribution in [0.15, 0.2) is 36.3 Å². The van der Waals surface area contributed by atoms with Crippen LogP contribution >= 0.6 is 0 Å². The highest BCUT2D eigenvalue weighted by Gasteiger charge is 2.06. The topological polar surface area (TPSA) is 18.5 Å². The molecule has 11 heavy (non-hydrogen) atoms. The van der Waals surface area contributed by atoms with Gasteiger partial charge in [-0.15, -0.1) is 0 Å². The van der Waals surface area contributed by atoms with Crippen molar-refractivity contribution in [1.82, 2.24) is 0 Å². The van der Waals surface area contributed by atoms with Crippen molar-refractivity contribution in [2.75, 3.05) is 13.2 Å². The summed E-state index contributed by atoms with van der Waals surface area (Å²) < 4.78 is 10.6. The van der Waals surface area contributed by atoms with Crippen LogP contribution < -0.4 is 0 Å². The van der Waals surface area contributed by atoms with Crippen molar-refractivity contribution in [2.24, 2.45) is 0 Å². The minimum atomic E-state index is 0.633. The Balaban J connectivity index is 2.66. The Morgan fingerprint density at radius 3 is 2.73 bits per heavy atom. The molecule has 1 aliphatic rings. The number of allylic oxidation sites excluding steroid dienone is 4. The van der Waals surface area contributed by atoms with Crippen molar-refractivity contribution in [3.8, 4) is 0 Å². The molecule has 0 aromatic carbocycles. The fraction of sp³-hybridized carbons (Fsp3) is 0.333. The maximum atomic E-state index is 5.31. The zero-order valence-corrected chi connectivity index (χ0v) is 6.67. The van der Waals surface area contributed by atoms with Crippen molar-refractivity contribution < 1.29 is 9.47 Å². The zero-order chi connectivity index (χ0) is 8.10. The summed E-state index contributed by atoms with van der Waals surface area (Å²) in [6.07, 6.45) is 5.38. The van der Waals surface area contributed by atoms with E-state index in [4.69, 9.17) is 9.47 Å². The summed E-state index contributed by atoms with van der Waals surface area (Å²) in [5.74, 6) is 1.64. The normalized spacial score (nSPS) is 17.9. The highest BCUT2D eigenvalue weighted by molar-refractivity contribution is 5.19. The molecule has 0 aromatic heterocycles. The maximum absolute atomic E-state index is 5.31. The predicted molar refractivity (Wildman–Crippen MR) is 43.9 cm³/mol. The van der Waals surface area contributed by atoms with E-state index in [2.05, 4.69) is 6.58 Å². The van der Waals surface area contributed by atoms with Crippen LogP contribution in [-0.2, 0) is 9.47 Å². The summed E-state index contributed by atoms with van der Waals surface area (Å²) in [7, 11) is 0. The van der Waals surface area contributed by atoms with Crippen LogP contribution in [0.2, 0.25) is 0 Å². The molecule has 0 saturated carbocycles. The minimum Gasteiger partial charge on any atom is -0.491 e. The van der Waals surface area contributed by atoms with E-state index in [1.165, 1.54) is 0 Å². The molecule has 2 nitrogen and oxygen atoms in total. The van der Waals surface area contributed by atoms with Gasteiger partial charge in [0.1, 0.15) is 19.0 Å². The van der Waals surface area contributed by atoms with Crippen molar-refractivity contribution in [2.45, 2.75) is 6.92 Å². The van der Waals surface area contributed by atoms with Crippen molar-refractivity contribution in [3.63, 3.8) is 0 Å². The molecule has 0 amide bonds. The zero-order valence-electron chi connectivity index (χ0n) is 6.67. The van der Waals surface area contributed by atoms with Gasteiger partial charge in [0.15, 0.2) is 5.76 Å². The Labute approximate surface area is 66.8 Å². The van der Waals surface area contributed by atoms with Crippen LogP contribution in [-0.4, -0.2) is 13.2 Å². The Kier molecular flexibility index (Phi) is 2.78. The van der Waals surface area contributed by atoms with E-state index in [0.29, 0.717) is 13.2 Å². The van der Waals surface area contributed by atoms with Crippen LogP contribution in [0.4, 0.5) is 0 Å². The molecule has 0 unspecified atom stereocenters. The predicted octanol–water partition coefficient (Wildman–Crippen LogP) is 2.01. The summed E-state index contributed by atoms with van der Waals surface area (Å²) in [4.78, 5) is 0. The first kappa shape index (κ1) is 7.92. The van der Waals surface area contributed by atoms with Crippen LogP contribution in [0.1, 0.15) is 6.92 Å². The van der Waals surface area contributed by atoms with E-state index in [1.54, 1.807) is 6.08 Å². The molecule has 1 aliphatic heterocycles. The third-order valence-electron chi connectivity index (χ3n) is 1.39. The highest BCUT2D eigenvalue weighted by Crippen LogP contribution is 2.13. The summed E-state index contributed by atoms with van der Waals surface area (Å²) >= 11 is 0. The molecule has 0 aromatic rings. The van der Waals surface area contributed by atoms with Gasteiger partial charge in [0.25, 0.3) is 0 Å². The second kappa shape index (κ2) is 3.86. The molecule has 0 N–H and O–H groups in total. The molecule has 1 rings (SSSR count). The van der Waals surface area contributed by atoms with Crippen LogP contribution in [0.25, 0.3) is 0 Å².